The first-order valence-electron chi connectivity index (χ1n) is 11.7. The molecule has 0 unspecified atom stereocenters. The van der Waals surface area contributed by atoms with Crippen molar-refractivity contribution in [3.8, 4) is 5.75 Å². The summed E-state index contributed by atoms with van der Waals surface area (Å²) in [5.41, 5.74) is 4.94. The fraction of sp³-hybridized carbons (Fsp3) is 0.167. The van der Waals surface area contributed by atoms with Gasteiger partial charge in [0.05, 0.1) is 17.5 Å². The highest BCUT2D eigenvalue weighted by Crippen LogP contribution is 2.58. The second-order valence-electron chi connectivity index (χ2n) is 9.15. The van der Waals surface area contributed by atoms with Crippen LogP contribution in [0.3, 0.4) is 0 Å². The Balaban J connectivity index is 1.41. The maximum atomic E-state index is 13.7. The number of nitrogens with zero attached hydrogens (tertiary/aromatic N) is 1. The number of carbonyl (C=O) groups excluding carboxylic acids is 3. The van der Waals surface area contributed by atoms with Crippen LogP contribution in [0.15, 0.2) is 103 Å². The van der Waals surface area contributed by atoms with E-state index in [0.29, 0.717) is 11.4 Å². The molecule has 2 amide bonds. The average molecular weight is 462 g/mol. The van der Waals surface area contributed by atoms with Crippen molar-refractivity contribution < 1.29 is 19.1 Å². The predicted octanol–water partition coefficient (Wildman–Crippen LogP) is 5.04. The molecule has 2 fully saturated rings. The fourth-order valence-electron chi connectivity index (χ4n) is 5.89. The lowest BCUT2D eigenvalue weighted by molar-refractivity contribution is -0.132. The maximum absolute atomic E-state index is 13.7. The van der Waals surface area contributed by atoms with Crippen molar-refractivity contribution in [1.29, 1.82) is 0 Å². The fourth-order valence-corrected chi connectivity index (χ4v) is 5.89. The van der Waals surface area contributed by atoms with Gasteiger partial charge in [0.25, 0.3) is 0 Å². The highest BCUT2D eigenvalue weighted by molar-refractivity contribution is 6.23. The van der Waals surface area contributed by atoms with Gasteiger partial charge in [-0.05, 0) is 46.5 Å². The van der Waals surface area contributed by atoms with E-state index >= 15 is 0 Å². The minimum atomic E-state index is -0.421. The molecule has 3 aliphatic rings. The Kier molecular flexibility index (Phi) is 4.99. The number of anilines is 1. The standard InChI is InChI=1S/C30H23NO4/c1-18(32)35-22-14-12-21(13-15-22)31-29(33)27-23-16-17-24(28(27)30(31)34)26(23)25(19-8-4-2-5-9-19)20-10-6-3-7-11-20/h2-17,23-24,27-28H,1H3/t23-,24-,27+,28+/m1/s1. The molecule has 6 rings (SSSR count). The molecular formula is C30H23NO4. The molecule has 4 atom stereocenters. The molecule has 3 aromatic rings. The lowest BCUT2D eigenvalue weighted by Gasteiger charge is -2.21. The van der Waals surface area contributed by atoms with Gasteiger partial charge < -0.3 is 4.74 Å². The molecule has 172 valence electrons. The second-order valence-corrected chi connectivity index (χ2v) is 9.15. The summed E-state index contributed by atoms with van der Waals surface area (Å²) in [7, 11) is 0. The summed E-state index contributed by atoms with van der Waals surface area (Å²) in [5, 5.41) is 0. The van der Waals surface area contributed by atoms with Gasteiger partial charge >= 0.3 is 5.97 Å². The summed E-state index contributed by atoms with van der Waals surface area (Å²) in [4.78, 5) is 39.8. The molecule has 1 saturated heterocycles. The van der Waals surface area contributed by atoms with E-state index in [4.69, 9.17) is 4.74 Å². The van der Waals surface area contributed by atoms with E-state index in [9.17, 15) is 14.4 Å². The lowest BCUT2D eigenvalue weighted by Crippen LogP contribution is -2.33. The van der Waals surface area contributed by atoms with Gasteiger partial charge in [0, 0.05) is 18.8 Å². The first-order chi connectivity index (χ1) is 17.0. The number of rotatable bonds is 4. The SMILES string of the molecule is CC(=O)Oc1ccc(N2C(=O)[C@@H]3[C@@H](C2=O)[C@@H]2C=C[C@@H]3C2=C(c2ccccc2)c2ccccc2)cc1. The molecule has 1 heterocycles. The Morgan fingerprint density at radius 3 is 1.66 bits per heavy atom. The van der Waals surface area contributed by atoms with Crippen LogP contribution in [-0.4, -0.2) is 17.8 Å². The zero-order chi connectivity index (χ0) is 24.1. The largest absolute Gasteiger partial charge is 0.427 e. The van der Waals surface area contributed by atoms with Crippen molar-refractivity contribution in [2.24, 2.45) is 23.7 Å². The Hall–Kier alpha value is -4.25. The number of fused-ring (bicyclic) bond motifs is 5. The summed E-state index contributed by atoms with van der Waals surface area (Å²) >= 11 is 0. The molecule has 2 bridgehead atoms. The number of hydrogen-bond donors (Lipinski definition) is 0. The highest BCUT2D eigenvalue weighted by Gasteiger charge is 2.62. The summed E-state index contributed by atoms with van der Waals surface area (Å²) in [6.07, 6.45) is 4.21. The van der Waals surface area contributed by atoms with Crippen molar-refractivity contribution >= 4 is 29.0 Å². The van der Waals surface area contributed by atoms with Crippen LogP contribution in [0.5, 0.6) is 5.75 Å². The number of ether oxygens (including phenoxy) is 1. The molecule has 3 aromatic carbocycles. The molecule has 5 nitrogen and oxygen atoms in total. The van der Waals surface area contributed by atoms with Gasteiger partial charge in [-0.3, -0.25) is 14.4 Å². The molecule has 35 heavy (non-hydrogen) atoms. The van der Waals surface area contributed by atoms with Gasteiger partial charge in [-0.1, -0.05) is 72.8 Å². The summed E-state index contributed by atoms with van der Waals surface area (Å²) < 4.78 is 5.09. The molecule has 5 heteroatoms. The summed E-state index contributed by atoms with van der Waals surface area (Å²) in [6, 6.07) is 26.9. The van der Waals surface area contributed by atoms with E-state index in [1.807, 2.05) is 36.4 Å². The third-order valence-electron chi connectivity index (χ3n) is 7.19. The number of esters is 1. The van der Waals surface area contributed by atoms with Gasteiger partial charge in [0.2, 0.25) is 11.8 Å². The number of hydrogen-bond acceptors (Lipinski definition) is 4. The molecule has 1 saturated carbocycles. The van der Waals surface area contributed by atoms with Crippen molar-refractivity contribution in [3.05, 3.63) is 114 Å². The highest BCUT2D eigenvalue weighted by atomic mass is 16.5. The zero-order valence-corrected chi connectivity index (χ0v) is 19.1. The van der Waals surface area contributed by atoms with Crippen LogP contribution in [0.25, 0.3) is 5.57 Å². The average Bonchev–Trinajstić information content (AvgIpc) is 3.50. The Morgan fingerprint density at radius 2 is 1.20 bits per heavy atom. The minimum Gasteiger partial charge on any atom is -0.427 e. The van der Waals surface area contributed by atoms with Crippen LogP contribution in [0, 0.1) is 23.7 Å². The van der Waals surface area contributed by atoms with E-state index in [1.165, 1.54) is 11.8 Å². The first-order valence-corrected chi connectivity index (χ1v) is 11.7. The monoisotopic (exact) mass is 461 g/mol. The topological polar surface area (TPSA) is 63.7 Å². The van der Waals surface area contributed by atoms with Gasteiger partial charge in [-0.15, -0.1) is 0 Å². The van der Waals surface area contributed by atoms with Crippen LogP contribution >= 0.6 is 0 Å². The zero-order valence-electron chi connectivity index (χ0n) is 19.1. The van der Waals surface area contributed by atoms with E-state index in [0.717, 1.165) is 22.3 Å². The molecule has 0 aromatic heterocycles. The van der Waals surface area contributed by atoms with Crippen molar-refractivity contribution in [1.82, 2.24) is 0 Å². The normalized spacial score (nSPS) is 24.1. The van der Waals surface area contributed by atoms with Gasteiger partial charge in [0.15, 0.2) is 0 Å². The third-order valence-corrected chi connectivity index (χ3v) is 7.19. The number of benzene rings is 3. The minimum absolute atomic E-state index is 0.123. The van der Waals surface area contributed by atoms with Crippen molar-refractivity contribution in [3.63, 3.8) is 0 Å². The van der Waals surface area contributed by atoms with E-state index in [-0.39, 0.29) is 23.7 Å². The van der Waals surface area contributed by atoms with Crippen LogP contribution < -0.4 is 9.64 Å². The number of imide groups is 1. The van der Waals surface area contributed by atoms with Crippen LogP contribution in [0.2, 0.25) is 0 Å². The molecule has 0 N–H and O–H groups in total. The van der Waals surface area contributed by atoms with E-state index in [1.54, 1.807) is 24.3 Å². The van der Waals surface area contributed by atoms with Crippen molar-refractivity contribution in [2.75, 3.05) is 4.90 Å². The first kappa shape index (κ1) is 21.3. The third kappa shape index (κ3) is 3.35. The van der Waals surface area contributed by atoms with E-state index < -0.39 is 17.8 Å². The number of amides is 2. The Bertz CT molecular complexity index is 1310. The number of carbonyl (C=O) groups is 3. The summed E-state index contributed by atoms with van der Waals surface area (Å²) in [6.45, 7) is 1.33. The van der Waals surface area contributed by atoms with Crippen molar-refractivity contribution in [2.45, 2.75) is 6.92 Å². The molecular weight excluding hydrogens is 438 g/mol. The molecule has 1 aliphatic heterocycles. The summed E-state index contributed by atoms with van der Waals surface area (Å²) in [5.74, 6) is -1.46. The van der Waals surface area contributed by atoms with Gasteiger partial charge in [-0.25, -0.2) is 4.90 Å². The smallest absolute Gasteiger partial charge is 0.308 e. The van der Waals surface area contributed by atoms with E-state index in [2.05, 4.69) is 36.4 Å². The molecule has 2 aliphatic carbocycles. The second kappa shape index (κ2) is 8.20. The molecule has 0 radical (unpaired) electrons. The van der Waals surface area contributed by atoms with Crippen LogP contribution in [0.4, 0.5) is 5.69 Å². The number of allylic oxidation sites excluding steroid dienone is 3. The predicted molar refractivity (Wildman–Crippen MR) is 132 cm³/mol. The maximum Gasteiger partial charge on any atom is 0.308 e. The van der Waals surface area contributed by atoms with Crippen LogP contribution in [0.1, 0.15) is 18.1 Å². The Morgan fingerprint density at radius 1 is 0.714 bits per heavy atom. The molecule has 0 spiro atoms. The quantitative estimate of drug-likeness (QED) is 0.236. The Labute approximate surface area is 203 Å². The van der Waals surface area contributed by atoms with Gasteiger partial charge in [-0.2, -0.15) is 0 Å². The lowest BCUT2D eigenvalue weighted by atomic mass is 9.85. The van der Waals surface area contributed by atoms with Crippen LogP contribution in [-0.2, 0) is 14.4 Å². The van der Waals surface area contributed by atoms with Gasteiger partial charge in [0.1, 0.15) is 5.75 Å².